The lowest BCUT2D eigenvalue weighted by molar-refractivity contribution is -0.150. The zero-order valence-electron chi connectivity index (χ0n) is 10.1. The van der Waals surface area contributed by atoms with Gasteiger partial charge in [-0.25, -0.2) is 0 Å². The Balaban J connectivity index is 2.41. The standard InChI is InChI=1S/C13H19NO2/c1-10(11(2)14-3)13(15)16-9-12-7-5-4-6-8-12/h4-8,10-11,14H,9H2,1-3H3/t10?,11-/m0/s1. The van der Waals surface area contributed by atoms with Gasteiger partial charge in [0.25, 0.3) is 0 Å². The van der Waals surface area contributed by atoms with Crippen LogP contribution < -0.4 is 5.32 Å². The summed E-state index contributed by atoms with van der Waals surface area (Å²) in [7, 11) is 1.84. The molecule has 1 N–H and O–H groups in total. The highest BCUT2D eigenvalue weighted by molar-refractivity contribution is 5.72. The molecule has 0 aliphatic rings. The fourth-order valence-corrected chi connectivity index (χ4v) is 1.31. The second-order valence-electron chi connectivity index (χ2n) is 3.96. The molecule has 3 heteroatoms. The monoisotopic (exact) mass is 221 g/mol. The smallest absolute Gasteiger partial charge is 0.310 e. The van der Waals surface area contributed by atoms with Crippen LogP contribution in [0.1, 0.15) is 19.4 Å². The minimum absolute atomic E-state index is 0.128. The quantitative estimate of drug-likeness (QED) is 0.773. The minimum atomic E-state index is -0.161. The fourth-order valence-electron chi connectivity index (χ4n) is 1.31. The van der Waals surface area contributed by atoms with Crippen molar-refractivity contribution < 1.29 is 9.53 Å². The zero-order chi connectivity index (χ0) is 12.0. The molecule has 0 radical (unpaired) electrons. The van der Waals surface area contributed by atoms with Crippen LogP contribution >= 0.6 is 0 Å². The molecule has 1 aromatic carbocycles. The summed E-state index contributed by atoms with van der Waals surface area (Å²) < 4.78 is 5.23. The lowest BCUT2D eigenvalue weighted by Crippen LogP contribution is -2.34. The van der Waals surface area contributed by atoms with Crippen LogP contribution in [0.15, 0.2) is 30.3 Å². The summed E-state index contributed by atoms with van der Waals surface area (Å²) in [5.74, 6) is -0.292. The van der Waals surface area contributed by atoms with E-state index in [4.69, 9.17) is 4.74 Å². The molecule has 0 bridgehead atoms. The van der Waals surface area contributed by atoms with Crippen LogP contribution in [0.5, 0.6) is 0 Å². The van der Waals surface area contributed by atoms with E-state index >= 15 is 0 Å². The van der Waals surface area contributed by atoms with Crippen molar-refractivity contribution in [2.24, 2.45) is 5.92 Å². The Kier molecular flexibility index (Phi) is 4.99. The SMILES string of the molecule is CN[C@@H](C)C(C)C(=O)OCc1ccccc1. The molecule has 0 aromatic heterocycles. The first kappa shape index (κ1) is 12.7. The number of esters is 1. The van der Waals surface area contributed by atoms with E-state index in [0.717, 1.165) is 5.56 Å². The Morgan fingerprint density at radius 2 is 1.94 bits per heavy atom. The number of nitrogens with one attached hydrogen (secondary N) is 1. The lowest BCUT2D eigenvalue weighted by Gasteiger charge is -2.17. The van der Waals surface area contributed by atoms with Gasteiger partial charge in [-0.3, -0.25) is 4.79 Å². The Labute approximate surface area is 96.8 Å². The summed E-state index contributed by atoms with van der Waals surface area (Å²) >= 11 is 0. The maximum atomic E-state index is 11.7. The average molecular weight is 221 g/mol. The molecule has 2 atom stereocenters. The van der Waals surface area contributed by atoms with Crippen molar-refractivity contribution in [1.82, 2.24) is 5.32 Å². The second-order valence-corrected chi connectivity index (χ2v) is 3.96. The molecule has 0 aliphatic carbocycles. The van der Waals surface area contributed by atoms with Gasteiger partial charge in [0.2, 0.25) is 0 Å². The Hall–Kier alpha value is -1.35. The van der Waals surface area contributed by atoms with Gasteiger partial charge in [-0.1, -0.05) is 37.3 Å². The van der Waals surface area contributed by atoms with E-state index in [1.807, 2.05) is 51.2 Å². The molecule has 0 saturated carbocycles. The van der Waals surface area contributed by atoms with Crippen molar-refractivity contribution in [1.29, 1.82) is 0 Å². The fraction of sp³-hybridized carbons (Fsp3) is 0.462. The highest BCUT2D eigenvalue weighted by Gasteiger charge is 2.19. The number of hydrogen-bond acceptors (Lipinski definition) is 3. The lowest BCUT2D eigenvalue weighted by atomic mass is 10.0. The highest BCUT2D eigenvalue weighted by atomic mass is 16.5. The Morgan fingerprint density at radius 1 is 1.31 bits per heavy atom. The normalized spacial score (nSPS) is 14.2. The molecule has 0 amide bonds. The van der Waals surface area contributed by atoms with Gasteiger partial charge in [0.1, 0.15) is 6.61 Å². The molecular weight excluding hydrogens is 202 g/mol. The van der Waals surface area contributed by atoms with E-state index in [2.05, 4.69) is 5.32 Å². The van der Waals surface area contributed by atoms with Gasteiger partial charge in [-0.15, -0.1) is 0 Å². The molecule has 0 spiro atoms. The summed E-state index contributed by atoms with van der Waals surface area (Å²) in [4.78, 5) is 11.7. The summed E-state index contributed by atoms with van der Waals surface area (Å²) in [5, 5.41) is 3.04. The highest BCUT2D eigenvalue weighted by Crippen LogP contribution is 2.07. The molecule has 0 fully saturated rings. The first-order valence-electron chi connectivity index (χ1n) is 5.53. The molecule has 1 rings (SSSR count). The number of benzene rings is 1. The second kappa shape index (κ2) is 6.28. The van der Waals surface area contributed by atoms with Crippen molar-refractivity contribution in [3.05, 3.63) is 35.9 Å². The van der Waals surface area contributed by atoms with Gasteiger partial charge in [-0.2, -0.15) is 0 Å². The maximum Gasteiger partial charge on any atom is 0.310 e. The van der Waals surface area contributed by atoms with Gasteiger partial charge in [-0.05, 0) is 19.5 Å². The van der Waals surface area contributed by atoms with E-state index in [1.54, 1.807) is 0 Å². The van der Waals surface area contributed by atoms with E-state index in [1.165, 1.54) is 0 Å². The van der Waals surface area contributed by atoms with Crippen LogP contribution in [0.2, 0.25) is 0 Å². The summed E-state index contributed by atoms with van der Waals surface area (Å²) in [6, 6.07) is 9.82. The van der Waals surface area contributed by atoms with E-state index in [0.29, 0.717) is 6.61 Å². The van der Waals surface area contributed by atoms with Gasteiger partial charge in [0.05, 0.1) is 5.92 Å². The van der Waals surface area contributed by atoms with Crippen LogP contribution in [-0.2, 0) is 16.1 Å². The predicted molar refractivity (Wildman–Crippen MR) is 63.9 cm³/mol. The van der Waals surface area contributed by atoms with Crippen LogP contribution in [0.4, 0.5) is 0 Å². The van der Waals surface area contributed by atoms with Gasteiger partial charge in [0.15, 0.2) is 0 Å². The first-order valence-corrected chi connectivity index (χ1v) is 5.53. The molecule has 0 saturated heterocycles. The van der Waals surface area contributed by atoms with Crippen molar-refractivity contribution in [2.45, 2.75) is 26.5 Å². The molecule has 3 nitrogen and oxygen atoms in total. The number of carbonyl (C=O) groups excluding carboxylic acids is 1. The topological polar surface area (TPSA) is 38.3 Å². The van der Waals surface area contributed by atoms with Crippen LogP contribution in [-0.4, -0.2) is 19.1 Å². The molecule has 16 heavy (non-hydrogen) atoms. The summed E-state index contributed by atoms with van der Waals surface area (Å²) in [6.07, 6.45) is 0. The van der Waals surface area contributed by atoms with Gasteiger partial charge in [0, 0.05) is 6.04 Å². The third-order valence-corrected chi connectivity index (χ3v) is 2.80. The molecule has 1 aromatic rings. The maximum absolute atomic E-state index is 11.7. The Bertz CT molecular complexity index is 324. The van der Waals surface area contributed by atoms with Crippen molar-refractivity contribution in [3.63, 3.8) is 0 Å². The van der Waals surface area contributed by atoms with E-state index in [9.17, 15) is 4.79 Å². The van der Waals surface area contributed by atoms with E-state index in [-0.39, 0.29) is 17.9 Å². The number of ether oxygens (including phenoxy) is 1. The molecule has 88 valence electrons. The molecule has 1 unspecified atom stereocenters. The molecule has 0 aliphatic heterocycles. The van der Waals surface area contributed by atoms with Crippen LogP contribution in [0, 0.1) is 5.92 Å². The third-order valence-electron chi connectivity index (χ3n) is 2.80. The predicted octanol–water partition coefficient (Wildman–Crippen LogP) is 1.97. The average Bonchev–Trinajstić information content (AvgIpc) is 2.35. The molecular formula is C13H19NO2. The number of carbonyl (C=O) groups is 1. The van der Waals surface area contributed by atoms with E-state index < -0.39 is 0 Å². The van der Waals surface area contributed by atoms with Gasteiger partial charge < -0.3 is 10.1 Å². The first-order chi connectivity index (χ1) is 7.65. The van der Waals surface area contributed by atoms with Crippen molar-refractivity contribution in [3.8, 4) is 0 Å². The van der Waals surface area contributed by atoms with Crippen LogP contribution in [0.3, 0.4) is 0 Å². The zero-order valence-corrected chi connectivity index (χ0v) is 10.1. The van der Waals surface area contributed by atoms with Crippen molar-refractivity contribution >= 4 is 5.97 Å². The molecule has 0 heterocycles. The van der Waals surface area contributed by atoms with Crippen LogP contribution in [0.25, 0.3) is 0 Å². The van der Waals surface area contributed by atoms with Gasteiger partial charge >= 0.3 is 5.97 Å². The summed E-state index contributed by atoms with van der Waals surface area (Å²) in [5.41, 5.74) is 1.01. The number of rotatable bonds is 5. The third kappa shape index (κ3) is 3.66. The minimum Gasteiger partial charge on any atom is -0.461 e. The Morgan fingerprint density at radius 3 is 2.50 bits per heavy atom. The summed E-state index contributed by atoms with van der Waals surface area (Å²) in [6.45, 7) is 4.18. The van der Waals surface area contributed by atoms with Crippen molar-refractivity contribution in [2.75, 3.05) is 7.05 Å². The largest absolute Gasteiger partial charge is 0.461 e. The number of hydrogen-bond donors (Lipinski definition) is 1.